The summed E-state index contributed by atoms with van der Waals surface area (Å²) in [5.41, 5.74) is 1.64. The predicted octanol–water partition coefficient (Wildman–Crippen LogP) is 2.41. The fourth-order valence-electron chi connectivity index (χ4n) is 2.30. The van der Waals surface area contributed by atoms with Crippen LogP contribution in [-0.2, 0) is 15.0 Å². The summed E-state index contributed by atoms with van der Waals surface area (Å²) in [6.07, 6.45) is 0.0646. The van der Waals surface area contributed by atoms with E-state index in [-0.39, 0.29) is 18.9 Å². The number of carbonyl (C=O) groups excluding carboxylic acids is 1. The van der Waals surface area contributed by atoms with Gasteiger partial charge < -0.3 is 4.90 Å². The minimum absolute atomic E-state index is 0.0646. The molecule has 7 heteroatoms. The second kappa shape index (κ2) is 5.20. The minimum atomic E-state index is -4.54. The maximum atomic E-state index is 12.7. The Balaban J connectivity index is 2.23. The van der Waals surface area contributed by atoms with E-state index in [1.54, 1.807) is 12.1 Å². The van der Waals surface area contributed by atoms with Crippen LogP contribution < -0.4 is 4.90 Å². The Kier molecular flexibility index (Phi) is 3.96. The molecule has 1 aliphatic heterocycles. The standard InChI is InChI=1S/C12H13BrFNO3S/c1-8-10(13)3-2-4-11(8)15-6-9(5-12(15)16)7-19(14,17)18/h2-4,9H,5-7H2,1H3. The molecule has 0 aromatic heterocycles. The summed E-state index contributed by atoms with van der Waals surface area (Å²) in [7, 11) is -4.54. The van der Waals surface area contributed by atoms with E-state index in [1.165, 1.54) is 4.90 Å². The molecule has 104 valence electrons. The Morgan fingerprint density at radius 3 is 2.79 bits per heavy atom. The molecule has 4 nitrogen and oxygen atoms in total. The molecule has 19 heavy (non-hydrogen) atoms. The number of anilines is 1. The largest absolute Gasteiger partial charge is 0.312 e. The van der Waals surface area contributed by atoms with Gasteiger partial charge in [0.15, 0.2) is 0 Å². The Morgan fingerprint density at radius 2 is 2.16 bits per heavy atom. The smallest absolute Gasteiger partial charge is 0.302 e. The average Bonchev–Trinajstić information content (AvgIpc) is 2.61. The third-order valence-corrected chi connectivity index (χ3v) is 4.90. The molecule has 0 saturated carbocycles. The maximum absolute atomic E-state index is 12.7. The normalized spacial score (nSPS) is 20.1. The predicted molar refractivity (Wildman–Crippen MR) is 74.2 cm³/mol. The average molecular weight is 350 g/mol. The van der Waals surface area contributed by atoms with Gasteiger partial charge in [-0.15, -0.1) is 3.89 Å². The molecule has 1 atom stereocenters. The molecule has 1 amide bonds. The third-order valence-electron chi connectivity index (χ3n) is 3.17. The lowest BCUT2D eigenvalue weighted by Gasteiger charge is -2.19. The molecule has 0 N–H and O–H groups in total. The number of amides is 1. The van der Waals surface area contributed by atoms with Crippen molar-refractivity contribution >= 4 is 37.7 Å². The van der Waals surface area contributed by atoms with Crippen molar-refractivity contribution in [3.8, 4) is 0 Å². The van der Waals surface area contributed by atoms with Crippen molar-refractivity contribution in [2.45, 2.75) is 13.3 Å². The molecule has 2 rings (SSSR count). The summed E-state index contributed by atoms with van der Waals surface area (Å²) in [6, 6.07) is 5.46. The zero-order valence-electron chi connectivity index (χ0n) is 10.3. The van der Waals surface area contributed by atoms with Crippen molar-refractivity contribution in [3.05, 3.63) is 28.2 Å². The summed E-state index contributed by atoms with van der Waals surface area (Å²) in [5, 5.41) is 0. The van der Waals surface area contributed by atoms with Gasteiger partial charge >= 0.3 is 10.2 Å². The fraction of sp³-hybridized carbons (Fsp3) is 0.417. The Labute approximate surface area is 119 Å². The van der Waals surface area contributed by atoms with Crippen LogP contribution in [0, 0.1) is 12.8 Å². The van der Waals surface area contributed by atoms with Crippen molar-refractivity contribution in [1.82, 2.24) is 0 Å². The number of hydrogen-bond donors (Lipinski definition) is 0. The highest BCUT2D eigenvalue weighted by molar-refractivity contribution is 9.10. The van der Waals surface area contributed by atoms with Crippen LogP contribution in [0.5, 0.6) is 0 Å². The molecule has 1 heterocycles. The van der Waals surface area contributed by atoms with E-state index in [9.17, 15) is 17.1 Å². The van der Waals surface area contributed by atoms with Gasteiger partial charge in [0, 0.05) is 29.0 Å². The molecule has 0 bridgehead atoms. The lowest BCUT2D eigenvalue weighted by atomic mass is 10.1. The van der Waals surface area contributed by atoms with Crippen LogP contribution in [0.1, 0.15) is 12.0 Å². The van der Waals surface area contributed by atoms with Crippen LogP contribution >= 0.6 is 15.9 Å². The van der Waals surface area contributed by atoms with Gasteiger partial charge in [-0.25, -0.2) is 0 Å². The van der Waals surface area contributed by atoms with Gasteiger partial charge in [-0.3, -0.25) is 4.79 Å². The highest BCUT2D eigenvalue weighted by atomic mass is 79.9. The van der Waals surface area contributed by atoms with Crippen molar-refractivity contribution in [3.63, 3.8) is 0 Å². The zero-order chi connectivity index (χ0) is 14.2. The van der Waals surface area contributed by atoms with E-state index in [4.69, 9.17) is 0 Å². The summed E-state index contributed by atoms with van der Waals surface area (Å²) in [5.74, 6) is -1.25. The molecular weight excluding hydrogens is 337 g/mol. The molecule has 1 aliphatic rings. The monoisotopic (exact) mass is 349 g/mol. The second-order valence-electron chi connectivity index (χ2n) is 4.66. The van der Waals surface area contributed by atoms with E-state index < -0.39 is 21.9 Å². The second-order valence-corrected chi connectivity index (χ2v) is 6.93. The van der Waals surface area contributed by atoms with E-state index in [2.05, 4.69) is 15.9 Å². The summed E-state index contributed by atoms with van der Waals surface area (Å²) in [6.45, 7) is 2.10. The van der Waals surface area contributed by atoms with Crippen LogP contribution in [0.25, 0.3) is 0 Å². The minimum Gasteiger partial charge on any atom is -0.312 e. The highest BCUT2D eigenvalue weighted by Crippen LogP contribution is 2.32. The highest BCUT2D eigenvalue weighted by Gasteiger charge is 2.34. The molecule has 0 spiro atoms. The summed E-state index contributed by atoms with van der Waals surface area (Å²) >= 11 is 3.38. The van der Waals surface area contributed by atoms with E-state index in [1.807, 2.05) is 13.0 Å². The van der Waals surface area contributed by atoms with Crippen LogP contribution in [0.2, 0.25) is 0 Å². The maximum Gasteiger partial charge on any atom is 0.302 e. The van der Waals surface area contributed by atoms with Gasteiger partial charge in [0.25, 0.3) is 0 Å². The molecule has 1 aromatic rings. The fourth-order valence-corrected chi connectivity index (χ4v) is 3.44. The SMILES string of the molecule is Cc1c(Br)cccc1N1CC(CS(=O)(=O)F)CC1=O. The number of halogens is 2. The first-order chi connectivity index (χ1) is 8.78. The Morgan fingerprint density at radius 1 is 1.47 bits per heavy atom. The van der Waals surface area contributed by atoms with Crippen molar-refractivity contribution in [1.29, 1.82) is 0 Å². The molecule has 0 aliphatic carbocycles. The first-order valence-electron chi connectivity index (χ1n) is 5.76. The van der Waals surface area contributed by atoms with E-state index >= 15 is 0 Å². The topological polar surface area (TPSA) is 54.5 Å². The molecule has 1 aromatic carbocycles. The Hall–Kier alpha value is -0.950. The zero-order valence-corrected chi connectivity index (χ0v) is 12.7. The Bertz CT molecular complexity index is 617. The van der Waals surface area contributed by atoms with Gasteiger partial charge in [0.05, 0.1) is 5.75 Å². The van der Waals surface area contributed by atoms with Gasteiger partial charge in [0.2, 0.25) is 5.91 Å². The first kappa shape index (κ1) is 14.5. The number of rotatable bonds is 3. The molecule has 0 radical (unpaired) electrons. The quantitative estimate of drug-likeness (QED) is 0.787. The molecular formula is C12H13BrFNO3S. The van der Waals surface area contributed by atoms with Crippen LogP contribution in [0.4, 0.5) is 9.57 Å². The van der Waals surface area contributed by atoms with Gasteiger partial charge in [-0.05, 0) is 24.6 Å². The van der Waals surface area contributed by atoms with Gasteiger partial charge in [-0.2, -0.15) is 8.42 Å². The number of nitrogens with zero attached hydrogens (tertiary/aromatic N) is 1. The van der Waals surface area contributed by atoms with Crippen molar-refractivity contribution < 1.29 is 17.1 Å². The number of carbonyl (C=O) groups is 1. The van der Waals surface area contributed by atoms with Crippen LogP contribution in [0.15, 0.2) is 22.7 Å². The molecule has 1 saturated heterocycles. The van der Waals surface area contributed by atoms with Crippen LogP contribution in [0.3, 0.4) is 0 Å². The summed E-state index contributed by atoms with van der Waals surface area (Å²) < 4.78 is 34.9. The lowest BCUT2D eigenvalue weighted by molar-refractivity contribution is -0.117. The third kappa shape index (κ3) is 3.33. The van der Waals surface area contributed by atoms with Crippen LogP contribution in [-0.4, -0.2) is 26.6 Å². The first-order valence-corrected chi connectivity index (χ1v) is 8.10. The molecule has 1 unspecified atom stereocenters. The van der Waals surface area contributed by atoms with Gasteiger partial charge in [-0.1, -0.05) is 22.0 Å². The van der Waals surface area contributed by atoms with E-state index in [0.29, 0.717) is 0 Å². The van der Waals surface area contributed by atoms with Crippen molar-refractivity contribution in [2.75, 3.05) is 17.2 Å². The summed E-state index contributed by atoms with van der Waals surface area (Å²) in [4.78, 5) is 13.5. The molecule has 1 fully saturated rings. The number of benzene rings is 1. The van der Waals surface area contributed by atoms with Gasteiger partial charge in [0.1, 0.15) is 0 Å². The lowest BCUT2D eigenvalue weighted by Crippen LogP contribution is -2.26. The number of hydrogen-bond acceptors (Lipinski definition) is 3. The van der Waals surface area contributed by atoms with E-state index in [0.717, 1.165) is 15.7 Å². The van der Waals surface area contributed by atoms with Crippen molar-refractivity contribution in [2.24, 2.45) is 5.92 Å².